The number of nitrogens with one attached hydrogen (secondary N) is 1. The largest absolute Gasteiger partial charge is 0.493 e. The summed E-state index contributed by atoms with van der Waals surface area (Å²) in [5.41, 5.74) is 1.19. The van der Waals surface area contributed by atoms with Crippen LogP contribution in [-0.2, 0) is 6.54 Å². The lowest BCUT2D eigenvalue weighted by Crippen LogP contribution is -2.24. The molecule has 4 aromatic rings. The van der Waals surface area contributed by atoms with Crippen LogP contribution in [0, 0.1) is 0 Å². The van der Waals surface area contributed by atoms with Crippen molar-refractivity contribution >= 4 is 28.3 Å². The van der Waals surface area contributed by atoms with Crippen molar-refractivity contribution in [3.05, 3.63) is 48.0 Å². The van der Waals surface area contributed by atoms with E-state index >= 15 is 0 Å². The maximum atomic E-state index is 12.6. The number of furan rings is 1. The Labute approximate surface area is 166 Å². The zero-order valence-corrected chi connectivity index (χ0v) is 16.0. The van der Waals surface area contributed by atoms with E-state index in [4.69, 9.17) is 9.15 Å². The summed E-state index contributed by atoms with van der Waals surface area (Å²) in [6, 6.07) is 11.1. The van der Waals surface area contributed by atoms with E-state index in [0.29, 0.717) is 22.8 Å². The molecular formula is C20H20N6O3. The number of anilines is 1. The molecule has 148 valence electrons. The van der Waals surface area contributed by atoms with E-state index in [1.165, 1.54) is 12.8 Å². The van der Waals surface area contributed by atoms with Crippen LogP contribution in [0.2, 0.25) is 0 Å². The molecule has 0 saturated carbocycles. The van der Waals surface area contributed by atoms with Gasteiger partial charge in [0.2, 0.25) is 0 Å². The number of aromatic nitrogens is 4. The molecule has 9 heteroatoms. The van der Waals surface area contributed by atoms with E-state index in [9.17, 15) is 4.79 Å². The molecule has 1 aromatic carbocycles. The lowest BCUT2D eigenvalue weighted by atomic mass is 10.2. The number of carbonyl (C=O) groups excluding carboxylic acids is 1. The molecule has 0 radical (unpaired) electrons. The van der Waals surface area contributed by atoms with Crippen LogP contribution in [0.3, 0.4) is 0 Å². The number of carbonyl (C=O) groups is 1. The number of nitrogens with zero attached hydrogens (tertiary/aromatic N) is 5. The zero-order valence-electron chi connectivity index (χ0n) is 16.0. The van der Waals surface area contributed by atoms with Gasteiger partial charge in [-0.2, -0.15) is 4.52 Å². The quantitative estimate of drug-likeness (QED) is 0.557. The van der Waals surface area contributed by atoms with Crippen molar-refractivity contribution in [1.29, 1.82) is 0 Å². The van der Waals surface area contributed by atoms with Gasteiger partial charge in [0.1, 0.15) is 5.82 Å². The molecular weight excluding hydrogens is 372 g/mol. The van der Waals surface area contributed by atoms with Crippen LogP contribution < -0.4 is 15.0 Å². The molecule has 0 bridgehead atoms. The molecule has 0 atom stereocenters. The maximum Gasteiger partial charge on any atom is 0.287 e. The Kier molecular flexibility index (Phi) is 4.27. The fourth-order valence-electron chi connectivity index (χ4n) is 3.60. The molecule has 1 saturated heterocycles. The van der Waals surface area contributed by atoms with Crippen molar-refractivity contribution in [3.63, 3.8) is 0 Å². The first-order chi connectivity index (χ1) is 14.2. The molecule has 1 fully saturated rings. The fourth-order valence-corrected chi connectivity index (χ4v) is 3.60. The van der Waals surface area contributed by atoms with Gasteiger partial charge in [-0.25, -0.2) is 0 Å². The summed E-state index contributed by atoms with van der Waals surface area (Å²) in [6.07, 6.45) is 2.35. The third-order valence-corrected chi connectivity index (χ3v) is 5.10. The highest BCUT2D eigenvalue weighted by molar-refractivity contribution is 5.97. The van der Waals surface area contributed by atoms with Crippen LogP contribution in [0.5, 0.6) is 5.75 Å². The summed E-state index contributed by atoms with van der Waals surface area (Å²) in [7, 11) is 1.57. The van der Waals surface area contributed by atoms with Gasteiger partial charge in [-0.3, -0.25) is 4.79 Å². The first-order valence-electron chi connectivity index (χ1n) is 9.54. The molecule has 1 aliphatic heterocycles. The number of methoxy groups -OCH3 is 1. The van der Waals surface area contributed by atoms with Gasteiger partial charge in [-0.15, -0.1) is 15.3 Å². The molecule has 0 aliphatic carbocycles. The molecule has 3 aromatic heterocycles. The topological polar surface area (TPSA) is 97.8 Å². The Bertz CT molecular complexity index is 1190. The van der Waals surface area contributed by atoms with Crippen molar-refractivity contribution in [1.82, 2.24) is 25.1 Å². The average molecular weight is 392 g/mol. The summed E-state index contributed by atoms with van der Waals surface area (Å²) in [5, 5.41) is 16.6. The fraction of sp³-hybridized carbons (Fsp3) is 0.300. The Morgan fingerprint density at radius 3 is 2.90 bits per heavy atom. The minimum atomic E-state index is -0.337. The van der Waals surface area contributed by atoms with Gasteiger partial charge < -0.3 is 19.4 Å². The lowest BCUT2D eigenvalue weighted by molar-refractivity contribution is 0.0924. The normalized spacial score (nSPS) is 14.0. The van der Waals surface area contributed by atoms with Gasteiger partial charge in [-0.1, -0.05) is 12.1 Å². The van der Waals surface area contributed by atoms with E-state index in [0.717, 1.165) is 24.3 Å². The number of amides is 1. The predicted octanol–water partition coefficient (Wildman–Crippen LogP) is 2.41. The average Bonchev–Trinajstić information content (AvgIpc) is 3.50. The molecule has 1 aliphatic rings. The number of fused-ring (bicyclic) bond motifs is 2. The van der Waals surface area contributed by atoms with E-state index in [-0.39, 0.29) is 18.2 Å². The second-order valence-corrected chi connectivity index (χ2v) is 6.94. The van der Waals surface area contributed by atoms with E-state index in [1.807, 2.05) is 24.3 Å². The number of ether oxygens (including phenoxy) is 1. The Hall–Kier alpha value is -3.62. The van der Waals surface area contributed by atoms with Gasteiger partial charge in [0.15, 0.2) is 28.6 Å². The standard InChI is InChI=1S/C20H20N6O3/c1-28-14-6-4-5-13-11-15(29-19(13)14)20(27)21-12-18-23-22-16-7-8-17(24-26(16)18)25-9-2-3-10-25/h4-8,11H,2-3,9-10,12H2,1H3,(H,21,27). The van der Waals surface area contributed by atoms with Gasteiger partial charge in [0.25, 0.3) is 5.91 Å². The van der Waals surface area contributed by atoms with E-state index in [2.05, 4.69) is 25.5 Å². The predicted molar refractivity (Wildman–Crippen MR) is 106 cm³/mol. The number of hydrogen-bond donors (Lipinski definition) is 1. The van der Waals surface area contributed by atoms with Crippen LogP contribution in [0.15, 0.2) is 40.8 Å². The van der Waals surface area contributed by atoms with Gasteiger partial charge in [0.05, 0.1) is 13.7 Å². The minimum Gasteiger partial charge on any atom is -0.493 e. The van der Waals surface area contributed by atoms with Crippen molar-refractivity contribution in [3.8, 4) is 5.75 Å². The molecule has 1 amide bonds. The SMILES string of the molecule is COc1cccc2cc(C(=O)NCc3nnc4ccc(N5CCCC5)nn34)oc12. The first kappa shape index (κ1) is 17.5. The molecule has 5 rings (SSSR count). The minimum absolute atomic E-state index is 0.185. The van der Waals surface area contributed by atoms with Gasteiger partial charge in [-0.05, 0) is 37.1 Å². The molecule has 29 heavy (non-hydrogen) atoms. The van der Waals surface area contributed by atoms with Crippen molar-refractivity contribution in [2.24, 2.45) is 0 Å². The molecule has 9 nitrogen and oxygen atoms in total. The lowest BCUT2D eigenvalue weighted by Gasteiger charge is -2.15. The summed E-state index contributed by atoms with van der Waals surface area (Å²) in [5.74, 6) is 1.92. The highest BCUT2D eigenvalue weighted by atomic mass is 16.5. The summed E-state index contributed by atoms with van der Waals surface area (Å²) in [6.45, 7) is 2.19. The number of benzene rings is 1. The van der Waals surface area contributed by atoms with Crippen molar-refractivity contribution in [2.45, 2.75) is 19.4 Å². The molecule has 4 heterocycles. The van der Waals surface area contributed by atoms with Crippen LogP contribution in [0.4, 0.5) is 5.82 Å². The first-order valence-corrected chi connectivity index (χ1v) is 9.54. The van der Waals surface area contributed by atoms with Crippen LogP contribution >= 0.6 is 0 Å². The highest BCUT2D eigenvalue weighted by Gasteiger charge is 2.18. The van der Waals surface area contributed by atoms with Gasteiger partial charge in [0, 0.05) is 18.5 Å². The number of hydrogen-bond acceptors (Lipinski definition) is 7. The zero-order chi connectivity index (χ0) is 19.8. The van der Waals surface area contributed by atoms with Crippen LogP contribution in [0.1, 0.15) is 29.2 Å². The van der Waals surface area contributed by atoms with Crippen LogP contribution in [0.25, 0.3) is 16.6 Å². The Balaban J connectivity index is 1.36. The Morgan fingerprint density at radius 2 is 2.07 bits per heavy atom. The summed E-state index contributed by atoms with van der Waals surface area (Å²) in [4.78, 5) is 14.8. The second kappa shape index (κ2) is 7.08. The Morgan fingerprint density at radius 1 is 1.21 bits per heavy atom. The third kappa shape index (κ3) is 3.14. The third-order valence-electron chi connectivity index (χ3n) is 5.10. The molecule has 0 unspecified atom stereocenters. The monoisotopic (exact) mass is 392 g/mol. The van der Waals surface area contributed by atoms with E-state index < -0.39 is 0 Å². The summed E-state index contributed by atoms with van der Waals surface area (Å²) >= 11 is 0. The molecule has 1 N–H and O–H groups in total. The second-order valence-electron chi connectivity index (χ2n) is 6.94. The van der Waals surface area contributed by atoms with E-state index in [1.54, 1.807) is 23.8 Å². The summed E-state index contributed by atoms with van der Waals surface area (Å²) < 4.78 is 12.7. The highest BCUT2D eigenvalue weighted by Crippen LogP contribution is 2.28. The number of rotatable bonds is 5. The van der Waals surface area contributed by atoms with Crippen LogP contribution in [-0.4, -0.2) is 45.9 Å². The molecule has 0 spiro atoms. The maximum absolute atomic E-state index is 12.6. The smallest absolute Gasteiger partial charge is 0.287 e. The van der Waals surface area contributed by atoms with Crippen molar-refractivity contribution in [2.75, 3.05) is 25.1 Å². The van der Waals surface area contributed by atoms with Gasteiger partial charge >= 0.3 is 0 Å². The van der Waals surface area contributed by atoms with Crippen molar-refractivity contribution < 1.29 is 13.9 Å². The number of para-hydroxylation sites is 1.